The van der Waals surface area contributed by atoms with Gasteiger partial charge in [0.15, 0.2) is 11.6 Å². The molecule has 0 saturated heterocycles. The van der Waals surface area contributed by atoms with E-state index in [2.05, 4.69) is 16.9 Å². The zero-order valence-electron chi connectivity index (χ0n) is 14.0. The number of halogens is 1. The Labute approximate surface area is 151 Å². The van der Waals surface area contributed by atoms with Crippen molar-refractivity contribution < 1.29 is 13.9 Å². The Balaban J connectivity index is 1.71. The minimum absolute atomic E-state index is 0.0822. The van der Waals surface area contributed by atoms with Gasteiger partial charge >= 0.3 is 0 Å². The molecule has 0 fully saturated rings. The molecule has 0 aliphatic carbocycles. The lowest BCUT2D eigenvalue weighted by atomic mass is 10.1. The standard InChI is InChI=1S/C21H17FN2O2/c1-2-15-9-11-16(12-10-15)20(25)24-14-17-6-5-13-23-21(17)26-19-8-4-3-7-18(19)22/h2-13H,1,14H2,(H,24,25). The quantitative estimate of drug-likeness (QED) is 0.709. The Morgan fingerprint density at radius 1 is 1.12 bits per heavy atom. The number of carbonyl (C=O) groups excluding carboxylic acids is 1. The average molecular weight is 348 g/mol. The molecule has 5 heteroatoms. The van der Waals surface area contributed by atoms with Gasteiger partial charge in [0, 0.05) is 23.9 Å². The highest BCUT2D eigenvalue weighted by Crippen LogP contribution is 2.25. The zero-order chi connectivity index (χ0) is 18.4. The molecule has 0 bridgehead atoms. The van der Waals surface area contributed by atoms with Gasteiger partial charge in [-0.05, 0) is 35.9 Å². The molecule has 0 aliphatic rings. The van der Waals surface area contributed by atoms with Crippen molar-refractivity contribution in [2.45, 2.75) is 6.54 Å². The maximum atomic E-state index is 13.8. The molecule has 3 rings (SSSR count). The van der Waals surface area contributed by atoms with Gasteiger partial charge in [-0.1, -0.05) is 43.0 Å². The van der Waals surface area contributed by atoms with Gasteiger partial charge in [0.05, 0.1) is 0 Å². The molecular weight excluding hydrogens is 331 g/mol. The predicted octanol–water partition coefficient (Wildman–Crippen LogP) is 4.59. The first-order valence-corrected chi connectivity index (χ1v) is 8.04. The highest BCUT2D eigenvalue weighted by Gasteiger charge is 2.11. The van der Waals surface area contributed by atoms with Crippen LogP contribution in [-0.4, -0.2) is 10.9 Å². The lowest BCUT2D eigenvalue weighted by Crippen LogP contribution is -2.23. The summed E-state index contributed by atoms with van der Waals surface area (Å²) in [7, 11) is 0. The molecule has 3 aromatic rings. The van der Waals surface area contributed by atoms with E-state index < -0.39 is 5.82 Å². The summed E-state index contributed by atoms with van der Waals surface area (Å²) in [6.07, 6.45) is 3.26. The van der Waals surface area contributed by atoms with Crippen molar-refractivity contribution >= 4 is 12.0 Å². The van der Waals surface area contributed by atoms with Crippen LogP contribution in [0, 0.1) is 5.82 Å². The number of aromatic nitrogens is 1. The monoisotopic (exact) mass is 348 g/mol. The van der Waals surface area contributed by atoms with E-state index in [1.165, 1.54) is 12.1 Å². The van der Waals surface area contributed by atoms with E-state index in [9.17, 15) is 9.18 Å². The Morgan fingerprint density at radius 2 is 1.88 bits per heavy atom. The van der Waals surface area contributed by atoms with Crippen LogP contribution in [0.5, 0.6) is 11.6 Å². The van der Waals surface area contributed by atoms with E-state index in [1.807, 2.05) is 12.1 Å². The van der Waals surface area contributed by atoms with E-state index in [1.54, 1.807) is 48.7 Å². The van der Waals surface area contributed by atoms with E-state index in [0.717, 1.165) is 5.56 Å². The normalized spacial score (nSPS) is 10.2. The van der Waals surface area contributed by atoms with Crippen molar-refractivity contribution in [1.82, 2.24) is 10.3 Å². The molecule has 1 amide bonds. The molecule has 0 radical (unpaired) electrons. The first-order valence-electron chi connectivity index (χ1n) is 8.04. The maximum Gasteiger partial charge on any atom is 0.251 e. The zero-order valence-corrected chi connectivity index (χ0v) is 14.0. The minimum Gasteiger partial charge on any atom is -0.436 e. The largest absolute Gasteiger partial charge is 0.436 e. The van der Waals surface area contributed by atoms with Crippen LogP contribution in [0.3, 0.4) is 0 Å². The van der Waals surface area contributed by atoms with Crippen molar-refractivity contribution in [1.29, 1.82) is 0 Å². The van der Waals surface area contributed by atoms with Gasteiger partial charge in [-0.3, -0.25) is 4.79 Å². The molecule has 0 atom stereocenters. The van der Waals surface area contributed by atoms with E-state index in [-0.39, 0.29) is 24.1 Å². The molecule has 2 aromatic carbocycles. The fraction of sp³-hybridized carbons (Fsp3) is 0.0476. The summed E-state index contributed by atoms with van der Waals surface area (Å²) < 4.78 is 19.3. The van der Waals surface area contributed by atoms with E-state index in [0.29, 0.717) is 11.1 Å². The Morgan fingerprint density at radius 3 is 2.62 bits per heavy atom. The Kier molecular flexibility index (Phi) is 5.39. The lowest BCUT2D eigenvalue weighted by molar-refractivity contribution is 0.0950. The molecule has 1 heterocycles. The number of nitrogens with zero attached hydrogens (tertiary/aromatic N) is 1. The lowest BCUT2D eigenvalue weighted by Gasteiger charge is -2.11. The summed E-state index contributed by atoms with van der Waals surface area (Å²) >= 11 is 0. The highest BCUT2D eigenvalue weighted by molar-refractivity contribution is 5.94. The Bertz CT molecular complexity index is 923. The van der Waals surface area contributed by atoms with E-state index in [4.69, 9.17) is 4.74 Å². The van der Waals surface area contributed by atoms with Crippen LogP contribution >= 0.6 is 0 Å². The molecular formula is C21H17FN2O2. The van der Waals surface area contributed by atoms with Crippen LogP contribution in [0.15, 0.2) is 73.4 Å². The molecule has 1 aromatic heterocycles. The number of hydrogen-bond donors (Lipinski definition) is 1. The van der Waals surface area contributed by atoms with Crippen molar-refractivity contribution in [3.05, 3.63) is 95.9 Å². The summed E-state index contributed by atoms with van der Waals surface area (Å²) in [5.41, 5.74) is 2.12. The molecule has 1 N–H and O–H groups in total. The van der Waals surface area contributed by atoms with Crippen LogP contribution in [0.25, 0.3) is 6.08 Å². The molecule has 0 aliphatic heterocycles. The maximum absolute atomic E-state index is 13.8. The molecule has 0 spiro atoms. The number of hydrogen-bond acceptors (Lipinski definition) is 3. The fourth-order valence-electron chi connectivity index (χ4n) is 2.33. The number of benzene rings is 2. The van der Waals surface area contributed by atoms with Crippen LogP contribution in [-0.2, 0) is 6.54 Å². The first-order chi connectivity index (χ1) is 12.7. The van der Waals surface area contributed by atoms with Crippen LogP contribution in [0.2, 0.25) is 0 Å². The third-order valence-corrected chi connectivity index (χ3v) is 3.74. The van der Waals surface area contributed by atoms with Crippen molar-refractivity contribution in [3.8, 4) is 11.6 Å². The van der Waals surface area contributed by atoms with Gasteiger partial charge in [0.25, 0.3) is 5.91 Å². The summed E-state index contributed by atoms with van der Waals surface area (Å²) in [6.45, 7) is 3.89. The van der Waals surface area contributed by atoms with Gasteiger partial charge in [-0.2, -0.15) is 0 Å². The number of ether oxygens (including phenoxy) is 1. The van der Waals surface area contributed by atoms with Crippen LogP contribution in [0.4, 0.5) is 4.39 Å². The van der Waals surface area contributed by atoms with Crippen molar-refractivity contribution in [3.63, 3.8) is 0 Å². The first kappa shape index (κ1) is 17.4. The molecule has 26 heavy (non-hydrogen) atoms. The van der Waals surface area contributed by atoms with Crippen LogP contribution in [0.1, 0.15) is 21.5 Å². The number of carbonyl (C=O) groups is 1. The topological polar surface area (TPSA) is 51.2 Å². The average Bonchev–Trinajstić information content (AvgIpc) is 2.69. The number of para-hydroxylation sites is 1. The third-order valence-electron chi connectivity index (χ3n) is 3.74. The molecule has 130 valence electrons. The van der Waals surface area contributed by atoms with Crippen molar-refractivity contribution in [2.24, 2.45) is 0 Å². The third kappa shape index (κ3) is 4.13. The highest BCUT2D eigenvalue weighted by atomic mass is 19.1. The fourth-order valence-corrected chi connectivity index (χ4v) is 2.33. The number of pyridine rings is 1. The smallest absolute Gasteiger partial charge is 0.251 e. The van der Waals surface area contributed by atoms with Crippen molar-refractivity contribution in [2.75, 3.05) is 0 Å². The summed E-state index contributed by atoms with van der Waals surface area (Å²) in [4.78, 5) is 16.4. The minimum atomic E-state index is -0.476. The second-order valence-electron chi connectivity index (χ2n) is 5.51. The Hall–Kier alpha value is -3.47. The van der Waals surface area contributed by atoms with Gasteiger partial charge in [0.2, 0.25) is 5.88 Å². The van der Waals surface area contributed by atoms with Gasteiger partial charge in [0.1, 0.15) is 0 Å². The summed E-state index contributed by atoms with van der Waals surface area (Å²) in [5, 5.41) is 2.81. The summed E-state index contributed by atoms with van der Waals surface area (Å²) in [5.74, 6) is -0.365. The van der Waals surface area contributed by atoms with Gasteiger partial charge in [-0.25, -0.2) is 9.37 Å². The number of nitrogens with one attached hydrogen (secondary N) is 1. The van der Waals surface area contributed by atoms with E-state index >= 15 is 0 Å². The number of rotatable bonds is 6. The molecule has 0 saturated carbocycles. The molecule has 0 unspecified atom stereocenters. The SMILES string of the molecule is C=Cc1ccc(C(=O)NCc2cccnc2Oc2ccccc2F)cc1. The predicted molar refractivity (Wildman–Crippen MR) is 98.4 cm³/mol. The second-order valence-corrected chi connectivity index (χ2v) is 5.51. The van der Waals surface area contributed by atoms with Gasteiger partial charge < -0.3 is 10.1 Å². The van der Waals surface area contributed by atoms with Gasteiger partial charge in [-0.15, -0.1) is 0 Å². The number of amides is 1. The molecule has 4 nitrogen and oxygen atoms in total. The second kappa shape index (κ2) is 8.07. The van der Waals surface area contributed by atoms with Crippen LogP contribution < -0.4 is 10.1 Å². The summed E-state index contributed by atoms with van der Waals surface area (Å²) in [6, 6.07) is 16.7.